The fourth-order valence-electron chi connectivity index (χ4n) is 8.72. The highest BCUT2D eigenvalue weighted by Gasteiger charge is 2.60. The van der Waals surface area contributed by atoms with Crippen molar-refractivity contribution >= 4 is 11.6 Å². The van der Waals surface area contributed by atoms with Gasteiger partial charge in [0.1, 0.15) is 0 Å². The number of Topliss-reactive ketones (excluding diaryl/α,β-unsaturated/α-hetero) is 1. The molecular formula is C29H44O2. The van der Waals surface area contributed by atoms with Crippen molar-refractivity contribution < 1.29 is 9.59 Å². The number of hydrogen-bond acceptors (Lipinski definition) is 2. The quantitative estimate of drug-likeness (QED) is 0.433. The minimum Gasteiger partial charge on any atom is -0.295 e. The van der Waals surface area contributed by atoms with Crippen molar-refractivity contribution in [1.82, 2.24) is 0 Å². The average Bonchev–Trinajstić information content (AvgIpc) is 3.07. The molecule has 4 aliphatic carbocycles. The molecule has 3 saturated carbocycles. The highest BCUT2D eigenvalue weighted by molar-refractivity contribution is 6.05. The third-order valence-electron chi connectivity index (χ3n) is 10.5. The molecule has 0 aromatic carbocycles. The Morgan fingerprint density at radius 2 is 1.84 bits per heavy atom. The summed E-state index contributed by atoms with van der Waals surface area (Å²) in [4.78, 5) is 25.2. The fraction of sp³-hybridized carbons (Fsp3) is 0.793. The van der Waals surface area contributed by atoms with Crippen LogP contribution in [-0.4, -0.2) is 11.6 Å². The Labute approximate surface area is 190 Å². The van der Waals surface area contributed by atoms with Crippen LogP contribution in [0, 0.1) is 46.3 Å². The first-order valence-corrected chi connectivity index (χ1v) is 13.0. The Hall–Kier alpha value is -1.18. The fourth-order valence-corrected chi connectivity index (χ4v) is 8.72. The maximum absolute atomic E-state index is 13.2. The zero-order valence-corrected chi connectivity index (χ0v) is 20.8. The van der Waals surface area contributed by atoms with Gasteiger partial charge < -0.3 is 0 Å². The molecular weight excluding hydrogens is 380 g/mol. The first kappa shape index (κ1) is 23.0. The molecule has 172 valence electrons. The Balaban J connectivity index is 1.53. The van der Waals surface area contributed by atoms with E-state index in [1.165, 1.54) is 38.5 Å². The molecule has 0 aromatic rings. The van der Waals surface area contributed by atoms with Gasteiger partial charge in [0, 0.05) is 18.4 Å². The van der Waals surface area contributed by atoms with Crippen molar-refractivity contribution in [2.24, 2.45) is 46.3 Å². The van der Waals surface area contributed by atoms with E-state index in [4.69, 9.17) is 0 Å². The van der Waals surface area contributed by atoms with Crippen LogP contribution in [0.25, 0.3) is 0 Å². The Kier molecular flexibility index (Phi) is 6.16. The number of hydrogen-bond donors (Lipinski definition) is 0. The molecule has 0 heterocycles. The molecule has 4 rings (SSSR count). The van der Waals surface area contributed by atoms with Gasteiger partial charge in [-0.3, -0.25) is 9.59 Å². The predicted molar refractivity (Wildman–Crippen MR) is 128 cm³/mol. The van der Waals surface area contributed by atoms with E-state index in [2.05, 4.69) is 47.6 Å². The summed E-state index contributed by atoms with van der Waals surface area (Å²) in [7, 11) is 0. The number of carbonyl (C=O) groups is 2. The lowest BCUT2D eigenvalue weighted by atomic mass is 9.46. The standard InChI is InChI=1S/C29H44O2/c1-7-20(18(2)3)9-8-19(4)23-10-11-24-22-17-27(31)26-16-21(30)12-14-29(26,6)25(22)13-15-28(23,24)5/h7,16,18-19,22-25H,8-15,17H2,1-6H3/b20-7+/t19-,22?,23-,24?,25?,28-,29-/m1/s1. The Morgan fingerprint density at radius 1 is 1.10 bits per heavy atom. The Morgan fingerprint density at radius 3 is 2.52 bits per heavy atom. The number of rotatable bonds is 5. The van der Waals surface area contributed by atoms with Gasteiger partial charge in [0.15, 0.2) is 11.6 Å². The monoisotopic (exact) mass is 424 g/mol. The van der Waals surface area contributed by atoms with Crippen LogP contribution in [0.15, 0.2) is 23.3 Å². The molecule has 0 saturated heterocycles. The van der Waals surface area contributed by atoms with Crippen molar-refractivity contribution in [3.05, 3.63) is 23.3 Å². The lowest BCUT2D eigenvalue weighted by Crippen LogP contribution is -2.53. The van der Waals surface area contributed by atoms with Gasteiger partial charge in [0.2, 0.25) is 0 Å². The van der Waals surface area contributed by atoms with Crippen molar-refractivity contribution in [2.45, 2.75) is 99.3 Å². The van der Waals surface area contributed by atoms with E-state index < -0.39 is 0 Å². The van der Waals surface area contributed by atoms with Gasteiger partial charge in [-0.2, -0.15) is 0 Å². The molecule has 0 aliphatic heterocycles. The summed E-state index contributed by atoms with van der Waals surface area (Å²) in [6.45, 7) is 14.2. The molecule has 7 atom stereocenters. The van der Waals surface area contributed by atoms with Crippen LogP contribution in [-0.2, 0) is 9.59 Å². The van der Waals surface area contributed by atoms with Gasteiger partial charge in [-0.15, -0.1) is 0 Å². The zero-order chi connectivity index (χ0) is 22.6. The molecule has 3 unspecified atom stereocenters. The molecule has 2 heteroatoms. The second-order valence-electron chi connectivity index (χ2n) is 12.2. The summed E-state index contributed by atoms with van der Waals surface area (Å²) in [6, 6.07) is 0. The van der Waals surface area contributed by atoms with Gasteiger partial charge in [-0.1, -0.05) is 46.3 Å². The smallest absolute Gasteiger partial charge is 0.159 e. The van der Waals surface area contributed by atoms with E-state index >= 15 is 0 Å². The van der Waals surface area contributed by atoms with Crippen LogP contribution in [0.1, 0.15) is 99.3 Å². The van der Waals surface area contributed by atoms with Crippen molar-refractivity contribution in [3.8, 4) is 0 Å². The van der Waals surface area contributed by atoms with E-state index in [0.29, 0.717) is 41.9 Å². The summed E-state index contributed by atoms with van der Waals surface area (Å²) >= 11 is 0. The molecule has 0 aromatic heterocycles. The predicted octanol–water partition coefficient (Wildman–Crippen LogP) is 7.33. The Bertz CT molecular complexity index is 802. The van der Waals surface area contributed by atoms with Gasteiger partial charge in [0.05, 0.1) is 0 Å². The number of carbonyl (C=O) groups excluding carboxylic acids is 2. The zero-order valence-electron chi connectivity index (χ0n) is 20.8. The molecule has 0 radical (unpaired) electrons. The second-order valence-corrected chi connectivity index (χ2v) is 12.2. The topological polar surface area (TPSA) is 34.1 Å². The number of ketones is 2. The molecule has 2 nitrogen and oxygen atoms in total. The van der Waals surface area contributed by atoms with Crippen LogP contribution < -0.4 is 0 Å². The molecule has 0 amide bonds. The summed E-state index contributed by atoms with van der Waals surface area (Å²) in [5.41, 5.74) is 2.81. The summed E-state index contributed by atoms with van der Waals surface area (Å²) in [5.74, 6) is 4.44. The largest absolute Gasteiger partial charge is 0.295 e. The van der Waals surface area contributed by atoms with Crippen LogP contribution in [0.5, 0.6) is 0 Å². The third kappa shape index (κ3) is 3.70. The maximum Gasteiger partial charge on any atom is 0.159 e. The van der Waals surface area contributed by atoms with Crippen LogP contribution in [0.3, 0.4) is 0 Å². The summed E-state index contributed by atoms with van der Waals surface area (Å²) in [5, 5.41) is 0. The molecule has 4 aliphatic rings. The second kappa shape index (κ2) is 8.31. The van der Waals surface area contributed by atoms with Crippen LogP contribution in [0.4, 0.5) is 0 Å². The lowest BCUT2D eigenvalue weighted by molar-refractivity contribution is -0.131. The third-order valence-corrected chi connectivity index (χ3v) is 10.5. The molecule has 0 N–H and O–H groups in total. The van der Waals surface area contributed by atoms with E-state index in [1.807, 2.05) is 0 Å². The van der Waals surface area contributed by atoms with Gasteiger partial charge in [-0.05, 0) is 104 Å². The summed E-state index contributed by atoms with van der Waals surface area (Å²) in [6.07, 6.45) is 14.0. The highest BCUT2D eigenvalue weighted by Crippen LogP contribution is 2.67. The SMILES string of the molecule is C/C=C(\CC[C@@H](C)[C@H]1CCC2C3CC(=O)C4=CC(=O)CC[C@]4(C)C3CC[C@@]21C)C(C)C. The first-order chi connectivity index (χ1) is 14.6. The van der Waals surface area contributed by atoms with Crippen molar-refractivity contribution in [2.75, 3.05) is 0 Å². The molecule has 3 fully saturated rings. The van der Waals surface area contributed by atoms with E-state index in [-0.39, 0.29) is 17.0 Å². The minimum atomic E-state index is -0.0585. The van der Waals surface area contributed by atoms with Gasteiger partial charge in [-0.25, -0.2) is 0 Å². The van der Waals surface area contributed by atoms with Gasteiger partial charge >= 0.3 is 0 Å². The normalized spacial score (nSPS) is 41.5. The summed E-state index contributed by atoms with van der Waals surface area (Å²) < 4.78 is 0. The van der Waals surface area contributed by atoms with E-state index in [9.17, 15) is 9.59 Å². The van der Waals surface area contributed by atoms with Gasteiger partial charge in [0.25, 0.3) is 0 Å². The van der Waals surface area contributed by atoms with Crippen LogP contribution in [0.2, 0.25) is 0 Å². The van der Waals surface area contributed by atoms with E-state index in [1.54, 1.807) is 11.6 Å². The average molecular weight is 425 g/mol. The van der Waals surface area contributed by atoms with Crippen molar-refractivity contribution in [3.63, 3.8) is 0 Å². The highest BCUT2D eigenvalue weighted by atomic mass is 16.1. The first-order valence-electron chi connectivity index (χ1n) is 13.0. The van der Waals surface area contributed by atoms with E-state index in [0.717, 1.165) is 23.8 Å². The molecule has 0 bridgehead atoms. The van der Waals surface area contributed by atoms with Crippen molar-refractivity contribution in [1.29, 1.82) is 0 Å². The minimum absolute atomic E-state index is 0.0585. The maximum atomic E-state index is 13.2. The molecule has 31 heavy (non-hydrogen) atoms. The van der Waals surface area contributed by atoms with Crippen LogP contribution >= 0.6 is 0 Å². The number of allylic oxidation sites excluding steroid dienone is 3. The molecule has 0 spiro atoms. The number of fused-ring (bicyclic) bond motifs is 5. The lowest BCUT2D eigenvalue weighted by Gasteiger charge is -2.57.